The third kappa shape index (κ3) is 4.91. The van der Waals surface area contributed by atoms with Crippen LogP contribution >= 0.6 is 11.6 Å². The fourth-order valence-corrected chi connectivity index (χ4v) is 4.26. The number of carbonyl (C=O) groups is 1. The van der Waals surface area contributed by atoms with Crippen molar-refractivity contribution in [3.05, 3.63) is 87.6 Å². The summed E-state index contributed by atoms with van der Waals surface area (Å²) in [6.07, 6.45) is 1.48. The van der Waals surface area contributed by atoms with E-state index in [1.54, 1.807) is 23.1 Å². The highest BCUT2D eigenvalue weighted by molar-refractivity contribution is 6.30. The van der Waals surface area contributed by atoms with Gasteiger partial charge in [0.25, 0.3) is 5.91 Å². The summed E-state index contributed by atoms with van der Waals surface area (Å²) in [5.41, 5.74) is 3.29. The first-order valence-electron chi connectivity index (χ1n) is 10.8. The van der Waals surface area contributed by atoms with Gasteiger partial charge in [-0.05, 0) is 50.1 Å². The van der Waals surface area contributed by atoms with Crippen LogP contribution in [-0.4, -0.2) is 47.0 Å². The molecule has 1 aliphatic rings. The molecule has 1 aliphatic heterocycles. The van der Waals surface area contributed by atoms with Crippen molar-refractivity contribution in [2.45, 2.75) is 26.7 Å². The Morgan fingerprint density at radius 1 is 1.00 bits per heavy atom. The SMILES string of the molecule is Cc1nc(C)c(Cc2ccc(Cl)cc2)c(N2CCCN(C(=O)c3ccccc3F)CC2)n1. The largest absolute Gasteiger partial charge is 0.354 e. The summed E-state index contributed by atoms with van der Waals surface area (Å²) in [5, 5.41) is 0.706. The molecule has 0 N–H and O–H groups in total. The molecule has 2 aromatic carbocycles. The molecular formula is C25H26ClFN4O. The number of aromatic nitrogens is 2. The second-order valence-corrected chi connectivity index (χ2v) is 8.51. The molecule has 4 rings (SSSR count). The average molecular weight is 453 g/mol. The second-order valence-electron chi connectivity index (χ2n) is 8.07. The highest BCUT2D eigenvalue weighted by Gasteiger charge is 2.25. The predicted octanol–water partition coefficient (Wildman–Crippen LogP) is 4.83. The lowest BCUT2D eigenvalue weighted by Gasteiger charge is -2.26. The van der Waals surface area contributed by atoms with Gasteiger partial charge in [0.15, 0.2) is 0 Å². The molecule has 1 aromatic heterocycles. The van der Waals surface area contributed by atoms with Crippen molar-refractivity contribution in [3.63, 3.8) is 0 Å². The number of amides is 1. The van der Waals surface area contributed by atoms with Gasteiger partial charge in [-0.15, -0.1) is 0 Å². The van der Waals surface area contributed by atoms with Gasteiger partial charge in [-0.3, -0.25) is 4.79 Å². The summed E-state index contributed by atoms with van der Waals surface area (Å²) < 4.78 is 14.1. The van der Waals surface area contributed by atoms with Crippen molar-refractivity contribution in [1.29, 1.82) is 0 Å². The topological polar surface area (TPSA) is 49.3 Å². The highest BCUT2D eigenvalue weighted by atomic mass is 35.5. The van der Waals surface area contributed by atoms with Crippen LogP contribution in [0.3, 0.4) is 0 Å². The Hall–Kier alpha value is -2.99. The fraction of sp³-hybridized carbons (Fsp3) is 0.320. The van der Waals surface area contributed by atoms with E-state index >= 15 is 0 Å². The first-order valence-corrected chi connectivity index (χ1v) is 11.2. The molecule has 0 aliphatic carbocycles. The molecule has 1 amide bonds. The van der Waals surface area contributed by atoms with Crippen molar-refractivity contribution in [2.24, 2.45) is 0 Å². The summed E-state index contributed by atoms with van der Waals surface area (Å²) in [7, 11) is 0. The Labute approximate surface area is 192 Å². The fourth-order valence-electron chi connectivity index (χ4n) is 4.13. The Kier molecular flexibility index (Phi) is 6.70. The maximum Gasteiger partial charge on any atom is 0.256 e. The molecule has 0 saturated carbocycles. The molecule has 32 heavy (non-hydrogen) atoms. The van der Waals surface area contributed by atoms with E-state index in [9.17, 15) is 9.18 Å². The normalized spacial score (nSPS) is 14.4. The highest BCUT2D eigenvalue weighted by Crippen LogP contribution is 2.26. The number of hydrogen-bond acceptors (Lipinski definition) is 4. The van der Waals surface area contributed by atoms with Gasteiger partial charge in [0.1, 0.15) is 17.5 Å². The third-order valence-corrected chi connectivity index (χ3v) is 6.04. The van der Waals surface area contributed by atoms with E-state index < -0.39 is 5.82 Å². The minimum Gasteiger partial charge on any atom is -0.354 e. The van der Waals surface area contributed by atoms with E-state index in [4.69, 9.17) is 16.6 Å². The van der Waals surface area contributed by atoms with Crippen molar-refractivity contribution < 1.29 is 9.18 Å². The van der Waals surface area contributed by atoms with Crippen LogP contribution in [0.1, 0.15) is 39.4 Å². The van der Waals surface area contributed by atoms with Crippen LogP contribution in [0.4, 0.5) is 10.2 Å². The summed E-state index contributed by atoms with van der Waals surface area (Å²) in [4.78, 5) is 26.2. The molecule has 0 spiro atoms. The molecule has 0 radical (unpaired) electrons. The zero-order chi connectivity index (χ0) is 22.7. The number of anilines is 1. The Balaban J connectivity index is 1.57. The van der Waals surface area contributed by atoms with Gasteiger partial charge in [-0.25, -0.2) is 14.4 Å². The zero-order valence-electron chi connectivity index (χ0n) is 18.3. The number of benzene rings is 2. The van der Waals surface area contributed by atoms with Gasteiger partial charge in [0, 0.05) is 48.9 Å². The third-order valence-electron chi connectivity index (χ3n) is 5.78. The molecule has 166 valence electrons. The van der Waals surface area contributed by atoms with Crippen LogP contribution < -0.4 is 4.90 Å². The minimum absolute atomic E-state index is 0.123. The van der Waals surface area contributed by atoms with Crippen LogP contribution in [0, 0.1) is 19.7 Å². The number of hydrogen-bond donors (Lipinski definition) is 0. The van der Waals surface area contributed by atoms with Crippen LogP contribution in [0.15, 0.2) is 48.5 Å². The molecule has 0 atom stereocenters. The second kappa shape index (κ2) is 9.65. The molecule has 3 aromatic rings. The lowest BCUT2D eigenvalue weighted by molar-refractivity contribution is 0.0762. The monoisotopic (exact) mass is 452 g/mol. The Morgan fingerprint density at radius 2 is 1.75 bits per heavy atom. The van der Waals surface area contributed by atoms with Gasteiger partial charge in [0.05, 0.1) is 5.56 Å². The molecular weight excluding hydrogens is 427 g/mol. The van der Waals surface area contributed by atoms with Crippen molar-refractivity contribution >= 4 is 23.3 Å². The van der Waals surface area contributed by atoms with Gasteiger partial charge >= 0.3 is 0 Å². The molecule has 0 bridgehead atoms. The number of rotatable bonds is 4. The molecule has 0 unspecified atom stereocenters. The van der Waals surface area contributed by atoms with E-state index in [2.05, 4.69) is 9.88 Å². The Morgan fingerprint density at radius 3 is 2.50 bits per heavy atom. The van der Waals surface area contributed by atoms with Gasteiger partial charge in [-0.1, -0.05) is 35.9 Å². The van der Waals surface area contributed by atoms with E-state index in [1.165, 1.54) is 6.07 Å². The first kappa shape index (κ1) is 22.2. The summed E-state index contributed by atoms with van der Waals surface area (Å²) in [6, 6.07) is 14.0. The number of aryl methyl sites for hydroxylation is 2. The maximum absolute atomic E-state index is 14.1. The van der Waals surface area contributed by atoms with Crippen LogP contribution in [0.2, 0.25) is 5.02 Å². The van der Waals surface area contributed by atoms with Gasteiger partial charge < -0.3 is 9.80 Å². The quantitative estimate of drug-likeness (QED) is 0.569. The van der Waals surface area contributed by atoms with E-state index in [1.807, 2.05) is 38.1 Å². The predicted molar refractivity (Wildman–Crippen MR) is 125 cm³/mol. The summed E-state index contributed by atoms with van der Waals surface area (Å²) >= 11 is 6.04. The molecule has 5 nitrogen and oxygen atoms in total. The van der Waals surface area contributed by atoms with Gasteiger partial charge in [-0.2, -0.15) is 0 Å². The van der Waals surface area contributed by atoms with Gasteiger partial charge in [0.2, 0.25) is 0 Å². The number of halogens is 2. The molecule has 7 heteroatoms. The zero-order valence-corrected chi connectivity index (χ0v) is 19.1. The lowest BCUT2D eigenvalue weighted by Crippen LogP contribution is -2.36. The molecule has 1 saturated heterocycles. The molecule has 2 heterocycles. The smallest absolute Gasteiger partial charge is 0.256 e. The van der Waals surface area contributed by atoms with Crippen molar-refractivity contribution in [2.75, 3.05) is 31.1 Å². The molecule has 1 fully saturated rings. The summed E-state index contributed by atoms with van der Waals surface area (Å²) in [5.74, 6) is 0.887. The van der Waals surface area contributed by atoms with Crippen LogP contribution in [0.25, 0.3) is 0 Å². The maximum atomic E-state index is 14.1. The van der Waals surface area contributed by atoms with Crippen LogP contribution in [-0.2, 0) is 6.42 Å². The average Bonchev–Trinajstić information content (AvgIpc) is 3.03. The number of nitrogens with zero attached hydrogens (tertiary/aromatic N) is 4. The summed E-state index contributed by atoms with van der Waals surface area (Å²) in [6.45, 7) is 6.40. The van der Waals surface area contributed by atoms with Crippen LogP contribution in [0.5, 0.6) is 0 Å². The van der Waals surface area contributed by atoms with Crippen molar-refractivity contribution in [1.82, 2.24) is 14.9 Å². The number of carbonyl (C=O) groups excluding carboxylic acids is 1. The van der Waals surface area contributed by atoms with Crippen molar-refractivity contribution in [3.8, 4) is 0 Å². The first-order chi connectivity index (χ1) is 15.4. The lowest BCUT2D eigenvalue weighted by atomic mass is 10.0. The standard InChI is InChI=1S/C25H26ClFN4O/c1-17-22(16-19-8-10-20(26)11-9-19)24(29-18(2)28-17)30-12-5-13-31(15-14-30)25(32)21-6-3-4-7-23(21)27/h3-4,6-11H,5,12-16H2,1-2H3. The Bertz CT molecular complexity index is 1120. The van der Waals surface area contributed by atoms with E-state index in [0.717, 1.165) is 41.4 Å². The van der Waals surface area contributed by atoms with E-state index in [0.29, 0.717) is 31.1 Å². The van der Waals surface area contributed by atoms with E-state index in [-0.39, 0.29) is 11.5 Å². The minimum atomic E-state index is -0.481.